The minimum Gasteiger partial charge on any atom is -0.373 e. The van der Waals surface area contributed by atoms with Crippen LogP contribution in [0.3, 0.4) is 0 Å². The lowest BCUT2D eigenvalue weighted by Crippen LogP contribution is -2.29. The highest BCUT2D eigenvalue weighted by atomic mass is 32.2. The minimum atomic E-state index is -3.12. The highest BCUT2D eigenvalue weighted by Gasteiger charge is 2.29. The average Bonchev–Trinajstić information content (AvgIpc) is 2.75. The molecule has 2 atom stereocenters. The van der Waals surface area contributed by atoms with Crippen LogP contribution in [0, 0.1) is 5.92 Å². The van der Waals surface area contributed by atoms with Crippen LogP contribution in [0.4, 0.5) is 0 Å². The SMILES string of the molecule is CS(=O)(=O)NCC1CCOC1c1ccccc1. The molecule has 94 valence electrons. The topological polar surface area (TPSA) is 55.4 Å². The Bertz CT molecular complexity index is 458. The maximum Gasteiger partial charge on any atom is 0.208 e. The Balaban J connectivity index is 2.03. The number of nitrogens with one attached hydrogen (secondary N) is 1. The van der Waals surface area contributed by atoms with Gasteiger partial charge >= 0.3 is 0 Å². The molecule has 5 heteroatoms. The molecule has 1 N–H and O–H groups in total. The van der Waals surface area contributed by atoms with Gasteiger partial charge < -0.3 is 4.74 Å². The van der Waals surface area contributed by atoms with E-state index < -0.39 is 10.0 Å². The molecule has 4 nitrogen and oxygen atoms in total. The van der Waals surface area contributed by atoms with Gasteiger partial charge in [0.05, 0.1) is 12.4 Å². The predicted octanol–water partition coefficient (Wildman–Crippen LogP) is 1.31. The van der Waals surface area contributed by atoms with Crippen molar-refractivity contribution in [2.45, 2.75) is 12.5 Å². The standard InChI is InChI=1S/C12H17NO3S/c1-17(14,15)13-9-11-7-8-16-12(11)10-5-3-2-4-6-10/h2-6,11-13H,7-9H2,1H3. The highest BCUT2D eigenvalue weighted by Crippen LogP contribution is 2.33. The fourth-order valence-corrected chi connectivity index (χ4v) is 2.63. The Hall–Kier alpha value is -0.910. The van der Waals surface area contributed by atoms with E-state index in [4.69, 9.17) is 4.74 Å². The third kappa shape index (κ3) is 3.52. The van der Waals surface area contributed by atoms with Crippen molar-refractivity contribution < 1.29 is 13.2 Å². The summed E-state index contributed by atoms with van der Waals surface area (Å²) >= 11 is 0. The monoisotopic (exact) mass is 255 g/mol. The summed E-state index contributed by atoms with van der Waals surface area (Å²) in [4.78, 5) is 0. The van der Waals surface area contributed by atoms with Gasteiger partial charge in [0, 0.05) is 19.1 Å². The van der Waals surface area contributed by atoms with Gasteiger partial charge in [0.1, 0.15) is 0 Å². The molecule has 0 saturated carbocycles. The highest BCUT2D eigenvalue weighted by molar-refractivity contribution is 7.88. The molecule has 17 heavy (non-hydrogen) atoms. The van der Waals surface area contributed by atoms with Crippen molar-refractivity contribution in [3.63, 3.8) is 0 Å². The summed E-state index contributed by atoms with van der Waals surface area (Å²) < 4.78 is 30.4. The zero-order valence-electron chi connectivity index (χ0n) is 9.80. The van der Waals surface area contributed by atoms with Crippen LogP contribution >= 0.6 is 0 Å². The van der Waals surface area contributed by atoms with E-state index >= 15 is 0 Å². The third-order valence-corrected chi connectivity index (χ3v) is 3.64. The largest absolute Gasteiger partial charge is 0.373 e. The molecule has 2 rings (SSSR count). The van der Waals surface area contributed by atoms with E-state index in [0.717, 1.165) is 12.0 Å². The number of hydrogen-bond donors (Lipinski definition) is 1. The number of sulfonamides is 1. The van der Waals surface area contributed by atoms with Crippen molar-refractivity contribution in [2.75, 3.05) is 19.4 Å². The summed E-state index contributed by atoms with van der Waals surface area (Å²) in [6, 6.07) is 9.94. The molecule has 1 aromatic carbocycles. The van der Waals surface area contributed by atoms with Crippen molar-refractivity contribution in [3.8, 4) is 0 Å². The summed E-state index contributed by atoms with van der Waals surface area (Å²) in [7, 11) is -3.12. The van der Waals surface area contributed by atoms with E-state index in [1.54, 1.807) is 0 Å². The molecular weight excluding hydrogens is 238 g/mol. The van der Waals surface area contributed by atoms with E-state index in [1.165, 1.54) is 6.26 Å². The number of ether oxygens (including phenoxy) is 1. The van der Waals surface area contributed by atoms with Crippen LogP contribution in [-0.2, 0) is 14.8 Å². The van der Waals surface area contributed by atoms with Gasteiger partial charge in [-0.2, -0.15) is 0 Å². The maximum atomic E-state index is 11.1. The fourth-order valence-electron chi connectivity index (χ4n) is 2.11. The Kier molecular flexibility index (Phi) is 3.81. The van der Waals surface area contributed by atoms with Crippen molar-refractivity contribution in [3.05, 3.63) is 35.9 Å². The van der Waals surface area contributed by atoms with Crippen molar-refractivity contribution >= 4 is 10.0 Å². The molecule has 1 fully saturated rings. The van der Waals surface area contributed by atoms with E-state index in [1.807, 2.05) is 30.3 Å². The molecule has 2 unspecified atom stereocenters. The van der Waals surface area contributed by atoms with Crippen LogP contribution in [-0.4, -0.2) is 27.8 Å². The first-order valence-electron chi connectivity index (χ1n) is 5.67. The molecule has 0 aliphatic carbocycles. The van der Waals surface area contributed by atoms with Crippen molar-refractivity contribution in [1.29, 1.82) is 0 Å². The predicted molar refractivity (Wildman–Crippen MR) is 66.1 cm³/mol. The first-order chi connectivity index (χ1) is 8.06. The number of benzene rings is 1. The molecule has 1 saturated heterocycles. The minimum absolute atomic E-state index is 0.00505. The lowest BCUT2D eigenvalue weighted by atomic mass is 9.96. The van der Waals surface area contributed by atoms with Gasteiger partial charge in [-0.3, -0.25) is 0 Å². The molecular formula is C12H17NO3S. The second-order valence-electron chi connectivity index (χ2n) is 4.37. The van der Waals surface area contributed by atoms with Gasteiger partial charge in [0.2, 0.25) is 10.0 Å². The molecule has 0 radical (unpaired) electrons. The zero-order chi connectivity index (χ0) is 12.3. The zero-order valence-corrected chi connectivity index (χ0v) is 10.6. The lowest BCUT2D eigenvalue weighted by Gasteiger charge is -2.18. The van der Waals surface area contributed by atoms with E-state index in [0.29, 0.717) is 13.2 Å². The summed E-state index contributed by atoms with van der Waals surface area (Å²) in [5.41, 5.74) is 1.12. The fraction of sp³-hybridized carbons (Fsp3) is 0.500. The van der Waals surface area contributed by atoms with Gasteiger partial charge in [0.25, 0.3) is 0 Å². The van der Waals surface area contributed by atoms with Crippen LogP contribution in [0.2, 0.25) is 0 Å². The van der Waals surface area contributed by atoms with Gasteiger partial charge in [-0.15, -0.1) is 0 Å². The molecule has 1 aliphatic rings. The van der Waals surface area contributed by atoms with Crippen LogP contribution in [0.25, 0.3) is 0 Å². The summed E-state index contributed by atoms with van der Waals surface area (Å²) in [5, 5.41) is 0. The Morgan fingerprint density at radius 2 is 2.06 bits per heavy atom. The number of hydrogen-bond acceptors (Lipinski definition) is 3. The second-order valence-corrected chi connectivity index (χ2v) is 6.20. The average molecular weight is 255 g/mol. The Morgan fingerprint density at radius 1 is 1.35 bits per heavy atom. The molecule has 0 bridgehead atoms. The molecule has 1 aliphatic heterocycles. The van der Waals surface area contributed by atoms with Crippen LogP contribution in [0.5, 0.6) is 0 Å². The third-order valence-electron chi connectivity index (χ3n) is 2.95. The molecule has 1 heterocycles. The van der Waals surface area contributed by atoms with Crippen molar-refractivity contribution in [2.24, 2.45) is 5.92 Å². The lowest BCUT2D eigenvalue weighted by molar-refractivity contribution is 0.0917. The van der Waals surface area contributed by atoms with Crippen LogP contribution in [0.1, 0.15) is 18.1 Å². The quantitative estimate of drug-likeness (QED) is 0.882. The van der Waals surface area contributed by atoms with Gasteiger partial charge in [-0.25, -0.2) is 13.1 Å². The Morgan fingerprint density at radius 3 is 2.71 bits per heavy atom. The summed E-state index contributed by atoms with van der Waals surface area (Å²) in [6.45, 7) is 1.13. The first-order valence-corrected chi connectivity index (χ1v) is 7.56. The van der Waals surface area contributed by atoms with Crippen LogP contribution < -0.4 is 4.72 Å². The van der Waals surface area contributed by atoms with Gasteiger partial charge in [-0.05, 0) is 12.0 Å². The first kappa shape index (κ1) is 12.5. The van der Waals surface area contributed by atoms with E-state index in [2.05, 4.69) is 4.72 Å². The maximum absolute atomic E-state index is 11.1. The van der Waals surface area contributed by atoms with E-state index in [9.17, 15) is 8.42 Å². The smallest absolute Gasteiger partial charge is 0.208 e. The Labute approximate surface area is 102 Å². The van der Waals surface area contributed by atoms with Gasteiger partial charge in [0.15, 0.2) is 0 Å². The summed E-state index contributed by atoms with van der Waals surface area (Å²) in [5.74, 6) is 0.215. The summed E-state index contributed by atoms with van der Waals surface area (Å²) in [6.07, 6.45) is 2.08. The van der Waals surface area contributed by atoms with Gasteiger partial charge in [-0.1, -0.05) is 30.3 Å². The van der Waals surface area contributed by atoms with Crippen LogP contribution in [0.15, 0.2) is 30.3 Å². The van der Waals surface area contributed by atoms with E-state index in [-0.39, 0.29) is 12.0 Å². The molecule has 0 amide bonds. The molecule has 0 aromatic heterocycles. The second kappa shape index (κ2) is 5.16. The molecule has 0 spiro atoms. The van der Waals surface area contributed by atoms with Crippen molar-refractivity contribution in [1.82, 2.24) is 4.72 Å². The molecule has 1 aromatic rings. The normalized spacial score (nSPS) is 25.0. The number of rotatable bonds is 4.